The quantitative estimate of drug-likeness (QED) is 0.531. The fourth-order valence-electron chi connectivity index (χ4n) is 3.36. The van der Waals surface area contributed by atoms with E-state index < -0.39 is 8.07 Å². The molecule has 0 bridgehead atoms. The van der Waals surface area contributed by atoms with Crippen LogP contribution in [0.15, 0.2) is 0 Å². The van der Waals surface area contributed by atoms with Crippen molar-refractivity contribution in [1.82, 2.24) is 0 Å². The van der Waals surface area contributed by atoms with Crippen LogP contribution in [0.25, 0.3) is 0 Å². The summed E-state index contributed by atoms with van der Waals surface area (Å²) in [5.74, 6) is 0. The minimum Gasteiger partial charge on any atom is -0.422 e. The van der Waals surface area contributed by atoms with Gasteiger partial charge in [-0.3, -0.25) is 0 Å². The first kappa shape index (κ1) is 17.7. The molecule has 0 aromatic carbocycles. The van der Waals surface area contributed by atoms with Crippen LogP contribution in [0.3, 0.4) is 0 Å². The summed E-state index contributed by atoms with van der Waals surface area (Å²) in [6.07, 6.45) is 2.39. The van der Waals surface area contributed by atoms with Gasteiger partial charge in [-0.25, -0.2) is 0 Å². The number of rotatable bonds is 8. The summed E-state index contributed by atoms with van der Waals surface area (Å²) in [5, 5.41) is 0. The molecule has 0 fully saturated rings. The fraction of sp³-hybridized carbons (Fsp3) is 1.00. The SMILES string of the molecule is CCC[C@](S)(C(C)(C)O[SiH3])[Si](CC)(CC)CC. The van der Waals surface area contributed by atoms with Crippen molar-refractivity contribution < 1.29 is 4.43 Å². The van der Waals surface area contributed by atoms with E-state index >= 15 is 0 Å². The predicted octanol–water partition coefficient (Wildman–Crippen LogP) is 3.58. The van der Waals surface area contributed by atoms with Crippen molar-refractivity contribution in [3.05, 3.63) is 0 Å². The molecule has 0 N–H and O–H groups in total. The lowest BCUT2D eigenvalue weighted by molar-refractivity contribution is 0.0971. The summed E-state index contributed by atoms with van der Waals surface area (Å²) < 4.78 is 6.07. The monoisotopic (exact) mass is 292 g/mol. The summed E-state index contributed by atoms with van der Waals surface area (Å²) in [5.41, 5.74) is -0.0768. The maximum absolute atomic E-state index is 5.96. The lowest BCUT2D eigenvalue weighted by Crippen LogP contribution is -2.65. The molecule has 0 saturated heterocycles. The van der Waals surface area contributed by atoms with Crippen LogP contribution in [-0.2, 0) is 4.43 Å². The Morgan fingerprint density at radius 2 is 1.47 bits per heavy atom. The molecule has 17 heavy (non-hydrogen) atoms. The topological polar surface area (TPSA) is 9.23 Å². The summed E-state index contributed by atoms with van der Waals surface area (Å²) in [7, 11) is -0.587. The standard InChI is InChI=1S/C13H32OSSi2/c1-7-11-13(15,12(5,6)14-16)17(8-2,9-3)10-4/h15H,7-11H2,1-6,16H3/t13-/m1/s1. The van der Waals surface area contributed by atoms with Gasteiger partial charge in [0.2, 0.25) is 0 Å². The molecular weight excluding hydrogens is 260 g/mol. The van der Waals surface area contributed by atoms with Gasteiger partial charge in [0.25, 0.3) is 0 Å². The number of hydrogen-bond acceptors (Lipinski definition) is 2. The second-order valence-corrected chi connectivity index (χ2v) is 12.8. The van der Waals surface area contributed by atoms with E-state index in [1.165, 1.54) is 31.0 Å². The van der Waals surface area contributed by atoms with Crippen molar-refractivity contribution in [1.29, 1.82) is 0 Å². The van der Waals surface area contributed by atoms with E-state index in [4.69, 9.17) is 17.1 Å². The third-order valence-electron chi connectivity index (χ3n) is 5.03. The van der Waals surface area contributed by atoms with Gasteiger partial charge in [0, 0.05) is 4.37 Å². The highest BCUT2D eigenvalue weighted by atomic mass is 32.1. The molecule has 0 radical (unpaired) electrons. The van der Waals surface area contributed by atoms with E-state index in [0.717, 1.165) is 10.5 Å². The lowest BCUT2D eigenvalue weighted by Gasteiger charge is -2.54. The Kier molecular flexibility index (Phi) is 7.08. The summed E-state index contributed by atoms with van der Waals surface area (Å²) in [6.45, 7) is 13.9. The molecule has 0 aromatic heterocycles. The Balaban J connectivity index is 5.59. The van der Waals surface area contributed by atoms with Gasteiger partial charge in [0.05, 0.1) is 13.7 Å². The van der Waals surface area contributed by atoms with Gasteiger partial charge in [-0.05, 0) is 20.3 Å². The van der Waals surface area contributed by atoms with E-state index in [9.17, 15) is 0 Å². The first-order valence-electron chi connectivity index (χ1n) is 7.08. The normalized spacial score (nSPS) is 17.1. The summed E-state index contributed by atoms with van der Waals surface area (Å²) >= 11 is 5.24. The maximum atomic E-state index is 5.96. The zero-order valence-electron chi connectivity index (χ0n) is 12.9. The Hall–Kier alpha value is 0.744. The van der Waals surface area contributed by atoms with Crippen LogP contribution in [0.1, 0.15) is 54.4 Å². The van der Waals surface area contributed by atoms with E-state index in [2.05, 4.69) is 41.5 Å². The third kappa shape index (κ3) is 3.02. The van der Waals surface area contributed by atoms with Gasteiger partial charge in [-0.15, -0.1) is 0 Å². The first-order chi connectivity index (χ1) is 7.80. The zero-order valence-corrected chi connectivity index (χ0v) is 16.8. The van der Waals surface area contributed by atoms with E-state index in [1.54, 1.807) is 0 Å². The highest BCUT2D eigenvalue weighted by Gasteiger charge is 2.55. The molecule has 0 aromatic rings. The minimum absolute atomic E-state index is 0.0768. The molecule has 0 rings (SSSR count). The van der Waals surface area contributed by atoms with Gasteiger partial charge < -0.3 is 4.43 Å². The molecule has 0 unspecified atom stereocenters. The van der Waals surface area contributed by atoms with Crippen molar-refractivity contribution in [2.24, 2.45) is 0 Å². The molecule has 0 amide bonds. The van der Waals surface area contributed by atoms with E-state index in [1.807, 2.05) is 0 Å². The molecule has 1 atom stereocenters. The Morgan fingerprint density at radius 1 is 1.06 bits per heavy atom. The van der Waals surface area contributed by atoms with Crippen LogP contribution in [0.2, 0.25) is 18.1 Å². The minimum atomic E-state index is -1.39. The van der Waals surface area contributed by atoms with Crippen LogP contribution in [0.5, 0.6) is 0 Å². The lowest BCUT2D eigenvalue weighted by atomic mass is 10.00. The van der Waals surface area contributed by atoms with Crippen molar-refractivity contribution in [3.63, 3.8) is 0 Å². The smallest absolute Gasteiger partial charge is 0.146 e. The molecule has 104 valence electrons. The van der Waals surface area contributed by atoms with Crippen LogP contribution in [0.4, 0.5) is 0 Å². The maximum Gasteiger partial charge on any atom is 0.146 e. The molecule has 0 saturated carbocycles. The molecular formula is C13H32OSSi2. The van der Waals surface area contributed by atoms with Gasteiger partial charge in [0.15, 0.2) is 0 Å². The average molecular weight is 293 g/mol. The molecule has 1 nitrogen and oxygen atoms in total. The van der Waals surface area contributed by atoms with Crippen LogP contribution >= 0.6 is 12.6 Å². The number of thiol groups is 1. The van der Waals surface area contributed by atoms with Gasteiger partial charge in [0.1, 0.15) is 10.5 Å². The molecule has 0 heterocycles. The second kappa shape index (κ2) is 6.78. The van der Waals surface area contributed by atoms with Crippen LogP contribution in [0, 0.1) is 0 Å². The van der Waals surface area contributed by atoms with Crippen LogP contribution in [-0.4, -0.2) is 28.5 Å². The largest absolute Gasteiger partial charge is 0.422 e. The van der Waals surface area contributed by atoms with Crippen LogP contribution < -0.4 is 0 Å². The molecule has 0 aliphatic carbocycles. The highest BCUT2D eigenvalue weighted by Crippen LogP contribution is 2.48. The molecule has 4 heteroatoms. The molecule has 0 aliphatic heterocycles. The zero-order chi connectivity index (χ0) is 13.7. The predicted molar refractivity (Wildman–Crippen MR) is 88.9 cm³/mol. The fourth-order valence-corrected chi connectivity index (χ4v) is 11.2. The van der Waals surface area contributed by atoms with Crippen molar-refractivity contribution in [2.45, 2.75) is 82.5 Å². The second-order valence-electron chi connectivity index (χ2n) is 5.67. The average Bonchev–Trinajstić information content (AvgIpc) is 2.32. The first-order valence-corrected chi connectivity index (χ1v) is 11.0. The number of hydrogen-bond donors (Lipinski definition) is 1. The Bertz CT molecular complexity index is 221. The van der Waals surface area contributed by atoms with Gasteiger partial charge in [-0.1, -0.05) is 52.2 Å². The van der Waals surface area contributed by atoms with Crippen molar-refractivity contribution in [3.8, 4) is 0 Å². The van der Waals surface area contributed by atoms with Crippen molar-refractivity contribution >= 4 is 31.2 Å². The summed E-state index contributed by atoms with van der Waals surface area (Å²) in [4.78, 5) is 0. The van der Waals surface area contributed by atoms with Gasteiger partial charge in [-0.2, -0.15) is 12.6 Å². The van der Waals surface area contributed by atoms with E-state index in [-0.39, 0.29) is 9.97 Å². The highest BCUT2D eigenvalue weighted by molar-refractivity contribution is 7.84. The Morgan fingerprint density at radius 3 is 1.71 bits per heavy atom. The Labute approximate surface area is 118 Å². The van der Waals surface area contributed by atoms with E-state index in [0.29, 0.717) is 0 Å². The molecule has 0 spiro atoms. The van der Waals surface area contributed by atoms with Gasteiger partial charge >= 0.3 is 0 Å². The van der Waals surface area contributed by atoms with Crippen molar-refractivity contribution in [2.75, 3.05) is 0 Å². The molecule has 0 aliphatic rings. The summed E-state index contributed by atoms with van der Waals surface area (Å²) in [6, 6.07) is 3.95. The third-order valence-corrected chi connectivity index (χ3v) is 14.9.